The van der Waals surface area contributed by atoms with E-state index in [0.717, 1.165) is 64.7 Å². The Kier molecular flexibility index (Phi) is 9.09. The minimum atomic E-state index is -3.85. The van der Waals surface area contributed by atoms with Crippen molar-refractivity contribution >= 4 is 38.8 Å². The fourth-order valence-electron chi connectivity index (χ4n) is 9.91. The van der Waals surface area contributed by atoms with Crippen LogP contribution in [0.1, 0.15) is 109 Å². The van der Waals surface area contributed by atoms with E-state index < -0.39 is 32.7 Å². The first-order valence-corrected chi connectivity index (χ1v) is 21.3. The Bertz CT molecular complexity index is 2130. The van der Waals surface area contributed by atoms with Gasteiger partial charge in [-0.1, -0.05) is 37.5 Å². The number of nitrogens with one attached hydrogen (secondary N) is 1. The van der Waals surface area contributed by atoms with Gasteiger partial charge in [0.1, 0.15) is 11.4 Å². The average molecular weight is 759 g/mol. The number of carbonyl (C=O) groups excluding carboxylic acids is 3. The predicted molar refractivity (Wildman–Crippen MR) is 207 cm³/mol. The Morgan fingerprint density at radius 2 is 1.70 bits per heavy atom. The number of nitrogens with zero attached hydrogens (tertiary/aromatic N) is 3. The molecule has 0 bridgehead atoms. The molecule has 3 aliphatic heterocycles. The fraction of sp³-hybridized carbons (Fsp3) is 0.595. The number of sulfonamides is 1. The minimum Gasteiger partial charge on any atom is -0.496 e. The number of ether oxygens (including phenoxy) is 2. The van der Waals surface area contributed by atoms with E-state index in [0.29, 0.717) is 50.6 Å². The van der Waals surface area contributed by atoms with Gasteiger partial charge in [-0.15, -0.1) is 0 Å². The van der Waals surface area contributed by atoms with Gasteiger partial charge in [-0.3, -0.25) is 9.59 Å². The highest BCUT2D eigenvalue weighted by atomic mass is 32.2. The number of benzene rings is 1. The highest BCUT2D eigenvalue weighted by Gasteiger charge is 2.51. The topological polar surface area (TPSA) is 127 Å². The largest absolute Gasteiger partial charge is 0.496 e. The summed E-state index contributed by atoms with van der Waals surface area (Å²) in [6.45, 7) is 11.5. The zero-order valence-corrected chi connectivity index (χ0v) is 33.3. The lowest BCUT2D eigenvalue weighted by Crippen LogP contribution is -2.41. The van der Waals surface area contributed by atoms with Crippen LogP contribution in [0.4, 0.5) is 4.79 Å². The average Bonchev–Trinajstić information content (AvgIpc) is 3.36. The van der Waals surface area contributed by atoms with Crippen LogP contribution in [-0.4, -0.2) is 84.8 Å². The van der Waals surface area contributed by atoms with Gasteiger partial charge in [0, 0.05) is 55.1 Å². The number of aromatic nitrogens is 1. The smallest absolute Gasteiger partial charge is 0.410 e. The van der Waals surface area contributed by atoms with Gasteiger partial charge in [0.25, 0.3) is 5.91 Å². The van der Waals surface area contributed by atoms with E-state index in [-0.39, 0.29) is 23.3 Å². The van der Waals surface area contributed by atoms with E-state index in [9.17, 15) is 22.8 Å². The number of methoxy groups -OCH3 is 1. The zero-order valence-electron chi connectivity index (χ0n) is 32.5. The second-order valence-corrected chi connectivity index (χ2v) is 19.9. The Hall–Kier alpha value is -4.06. The summed E-state index contributed by atoms with van der Waals surface area (Å²) in [5.41, 5.74) is 5.55. The number of likely N-dealkylation sites (tertiary alicyclic amines) is 2. The molecule has 11 nitrogen and oxygen atoms in total. The summed E-state index contributed by atoms with van der Waals surface area (Å²) >= 11 is 0. The number of hydrogen-bond donors (Lipinski definition) is 1. The van der Waals surface area contributed by atoms with Gasteiger partial charge in [-0.2, -0.15) is 0 Å². The number of amides is 3. The third-order valence-electron chi connectivity index (χ3n) is 12.7. The fourth-order valence-corrected chi connectivity index (χ4v) is 10.5. The molecule has 12 heteroatoms. The Labute approximate surface area is 318 Å². The third kappa shape index (κ3) is 6.35. The summed E-state index contributed by atoms with van der Waals surface area (Å²) in [7, 11) is -2.17. The normalized spacial score (nSPS) is 25.6. The molecular weight excluding hydrogens is 705 g/mol. The third-order valence-corrected chi connectivity index (χ3v) is 14.4. The van der Waals surface area contributed by atoms with E-state index in [4.69, 9.17) is 9.47 Å². The van der Waals surface area contributed by atoms with Crippen molar-refractivity contribution in [3.05, 3.63) is 63.9 Å². The van der Waals surface area contributed by atoms with Gasteiger partial charge < -0.3 is 23.8 Å². The number of allylic oxidation sites excluding steroid dienone is 4. The summed E-state index contributed by atoms with van der Waals surface area (Å²) in [6, 6.07) is 6.47. The minimum absolute atomic E-state index is 0.0730. The summed E-state index contributed by atoms with van der Waals surface area (Å²) in [5, 5.41) is 0.241. The number of hydrogen-bond acceptors (Lipinski definition) is 7. The molecule has 290 valence electrons. The number of fused-ring (bicyclic) bond motifs is 6. The standard InChI is InChI=1S/C42H54N4O7S/c1-25(2)54(50,51)43-38(47)36-31-22-46-32(21-30-33(52-6)16-15-27(37(30)46)26-11-8-7-9-12-26)34-28(35(31)36)13-10-14-29(34)39(48)44-19-17-42(23-44)18-20-45(24-42)40(49)53-41(3,4)5/h10,13,15-16,21,25-26,29,34H,7-9,11-12,14,17-20,22-24H2,1-6H3,(H,43,47)/t29-,34?,42?/m1/s1. The maximum absolute atomic E-state index is 14.9. The van der Waals surface area contributed by atoms with Crippen molar-refractivity contribution in [2.45, 2.75) is 115 Å². The molecular formula is C42H54N4O7S. The lowest BCUT2D eigenvalue weighted by Gasteiger charge is -2.34. The van der Waals surface area contributed by atoms with Crippen LogP contribution in [0.25, 0.3) is 10.9 Å². The van der Waals surface area contributed by atoms with Gasteiger partial charge in [-0.05, 0) is 107 Å². The van der Waals surface area contributed by atoms with Gasteiger partial charge in [0.05, 0.1) is 29.4 Å². The van der Waals surface area contributed by atoms with Crippen LogP contribution in [0.2, 0.25) is 0 Å². The summed E-state index contributed by atoms with van der Waals surface area (Å²) in [6.07, 6.45) is 11.8. The summed E-state index contributed by atoms with van der Waals surface area (Å²) in [5.74, 6) is -0.144. The molecule has 3 atom stereocenters. The Morgan fingerprint density at radius 3 is 2.39 bits per heavy atom. The second kappa shape index (κ2) is 13.3. The quantitative estimate of drug-likeness (QED) is 0.348. The van der Waals surface area contributed by atoms with Crippen molar-refractivity contribution in [1.29, 1.82) is 0 Å². The highest BCUT2D eigenvalue weighted by molar-refractivity contribution is 7.90. The van der Waals surface area contributed by atoms with E-state index >= 15 is 0 Å². The molecule has 3 aliphatic carbocycles. The van der Waals surface area contributed by atoms with Crippen LogP contribution in [0.3, 0.4) is 0 Å². The van der Waals surface area contributed by atoms with Crippen molar-refractivity contribution in [2.75, 3.05) is 33.3 Å². The molecule has 3 fully saturated rings. The Morgan fingerprint density at radius 1 is 1.00 bits per heavy atom. The highest BCUT2D eigenvalue weighted by Crippen LogP contribution is 2.56. The second-order valence-electron chi connectivity index (χ2n) is 17.7. The summed E-state index contributed by atoms with van der Waals surface area (Å²) in [4.78, 5) is 45.5. The maximum Gasteiger partial charge on any atom is 0.410 e. The van der Waals surface area contributed by atoms with Gasteiger partial charge in [-0.25, -0.2) is 17.9 Å². The van der Waals surface area contributed by atoms with Crippen LogP contribution in [0.15, 0.2) is 52.6 Å². The SMILES string of the molecule is COc1ccc(C2CCCCC2)c2c1cc1n2CC2=C(C(=O)NS(=O)(=O)C(C)C)C2=C2C=CC[C@@H](C(=O)N3CCC4(CCN(C(=O)OC(C)(C)C)C4)C3)C21. The van der Waals surface area contributed by atoms with Crippen LogP contribution in [-0.2, 0) is 30.9 Å². The molecule has 3 amide bonds. The first kappa shape index (κ1) is 36.9. The zero-order chi connectivity index (χ0) is 38.3. The van der Waals surface area contributed by atoms with Crippen LogP contribution in [0.5, 0.6) is 5.75 Å². The van der Waals surface area contributed by atoms with E-state index in [2.05, 4.69) is 33.6 Å². The van der Waals surface area contributed by atoms with Gasteiger partial charge in [0.15, 0.2) is 0 Å². The molecule has 1 aromatic carbocycles. The van der Waals surface area contributed by atoms with E-state index in [1.54, 1.807) is 25.9 Å². The molecule has 1 saturated carbocycles. The molecule has 2 saturated heterocycles. The van der Waals surface area contributed by atoms with Crippen LogP contribution < -0.4 is 9.46 Å². The lowest BCUT2D eigenvalue weighted by molar-refractivity contribution is -0.135. The van der Waals surface area contributed by atoms with Crippen molar-refractivity contribution in [3.8, 4) is 5.75 Å². The van der Waals surface area contributed by atoms with Gasteiger partial charge >= 0.3 is 6.09 Å². The molecule has 8 rings (SSSR count). The first-order valence-electron chi connectivity index (χ1n) is 19.8. The van der Waals surface area contributed by atoms with E-state index in [1.807, 2.05) is 31.7 Å². The molecule has 6 aliphatic rings. The molecule has 54 heavy (non-hydrogen) atoms. The molecule has 1 aromatic heterocycles. The number of carbonyl (C=O) groups is 3. The predicted octanol–water partition coefficient (Wildman–Crippen LogP) is 6.69. The Balaban J connectivity index is 1.18. The molecule has 0 radical (unpaired) electrons. The van der Waals surface area contributed by atoms with E-state index in [1.165, 1.54) is 24.8 Å². The van der Waals surface area contributed by atoms with Crippen molar-refractivity contribution in [3.63, 3.8) is 0 Å². The van der Waals surface area contributed by atoms with Crippen LogP contribution >= 0.6 is 0 Å². The lowest BCUT2D eigenvalue weighted by atomic mass is 9.75. The molecule has 1 spiro atoms. The monoisotopic (exact) mass is 758 g/mol. The van der Waals surface area contributed by atoms with Crippen molar-refractivity contribution < 1.29 is 32.3 Å². The van der Waals surface area contributed by atoms with Crippen molar-refractivity contribution in [2.24, 2.45) is 11.3 Å². The van der Waals surface area contributed by atoms with Gasteiger partial charge in [0.2, 0.25) is 15.9 Å². The molecule has 4 heterocycles. The first-order chi connectivity index (χ1) is 25.6. The maximum atomic E-state index is 14.9. The van der Waals surface area contributed by atoms with Crippen molar-refractivity contribution in [1.82, 2.24) is 19.1 Å². The van der Waals surface area contributed by atoms with Crippen LogP contribution in [0, 0.1) is 11.3 Å². The summed E-state index contributed by atoms with van der Waals surface area (Å²) < 4.78 is 42.0. The molecule has 2 aromatic rings. The molecule has 1 N–H and O–H groups in total. The molecule has 2 unspecified atom stereocenters. The number of rotatable bonds is 6.